The van der Waals surface area contributed by atoms with Crippen LogP contribution in [0.15, 0.2) is 109 Å². The molecule has 0 saturated heterocycles. The van der Waals surface area contributed by atoms with Crippen molar-refractivity contribution >= 4 is 40.5 Å². The van der Waals surface area contributed by atoms with Gasteiger partial charge in [-0.15, -0.1) is 0 Å². The van der Waals surface area contributed by atoms with Crippen molar-refractivity contribution in [3.63, 3.8) is 0 Å². The number of hydrogen-bond acceptors (Lipinski definition) is 4. The Hall–Kier alpha value is -4.91. The molecule has 4 rings (SSSR count). The Morgan fingerprint density at radius 1 is 0.649 bits per heavy atom. The SMILES string of the molecule is CCN(C(=O)c1ccc(NCC(=O)Nc2cccc(NC(=O)c3ccccc3)c2)cc1)c1ccccc1. The Kier molecular flexibility index (Phi) is 8.29. The molecule has 0 aliphatic carbocycles. The van der Waals surface area contributed by atoms with E-state index in [1.54, 1.807) is 77.7 Å². The molecule has 7 heteroatoms. The zero-order chi connectivity index (χ0) is 26.0. The molecule has 0 aliphatic rings. The van der Waals surface area contributed by atoms with Crippen LogP contribution >= 0.6 is 0 Å². The number of anilines is 4. The topological polar surface area (TPSA) is 90.5 Å². The molecule has 0 saturated carbocycles. The molecule has 0 bridgehead atoms. The highest BCUT2D eigenvalue weighted by atomic mass is 16.2. The normalized spacial score (nSPS) is 10.3. The predicted octanol–water partition coefficient (Wildman–Crippen LogP) is 5.66. The number of benzene rings is 4. The highest BCUT2D eigenvalue weighted by Crippen LogP contribution is 2.19. The lowest BCUT2D eigenvalue weighted by molar-refractivity contribution is -0.114. The molecule has 7 nitrogen and oxygen atoms in total. The van der Waals surface area contributed by atoms with Crippen LogP contribution < -0.4 is 20.9 Å². The van der Waals surface area contributed by atoms with Crippen molar-refractivity contribution < 1.29 is 14.4 Å². The quantitative estimate of drug-likeness (QED) is 0.281. The summed E-state index contributed by atoms with van der Waals surface area (Å²) in [7, 11) is 0. The first-order valence-electron chi connectivity index (χ1n) is 12.0. The minimum atomic E-state index is -0.243. The van der Waals surface area contributed by atoms with Crippen molar-refractivity contribution in [2.45, 2.75) is 6.92 Å². The molecule has 0 spiro atoms. The van der Waals surface area contributed by atoms with E-state index in [-0.39, 0.29) is 24.3 Å². The first-order chi connectivity index (χ1) is 18.0. The van der Waals surface area contributed by atoms with Crippen molar-refractivity contribution in [2.24, 2.45) is 0 Å². The zero-order valence-electron chi connectivity index (χ0n) is 20.5. The van der Waals surface area contributed by atoms with Gasteiger partial charge in [0.2, 0.25) is 5.91 Å². The number of rotatable bonds is 9. The van der Waals surface area contributed by atoms with Crippen molar-refractivity contribution in [3.8, 4) is 0 Å². The van der Waals surface area contributed by atoms with Gasteiger partial charge in [-0.1, -0.05) is 42.5 Å². The van der Waals surface area contributed by atoms with Gasteiger partial charge in [-0.05, 0) is 73.7 Å². The third-order valence-electron chi connectivity index (χ3n) is 5.65. The van der Waals surface area contributed by atoms with E-state index in [9.17, 15) is 14.4 Å². The highest BCUT2D eigenvalue weighted by molar-refractivity contribution is 6.06. The summed E-state index contributed by atoms with van der Waals surface area (Å²) in [4.78, 5) is 39.5. The molecule has 0 aliphatic heterocycles. The molecule has 4 aromatic rings. The van der Waals surface area contributed by atoms with Crippen molar-refractivity contribution in [1.82, 2.24) is 0 Å². The van der Waals surface area contributed by atoms with Gasteiger partial charge in [-0.2, -0.15) is 0 Å². The Labute approximate surface area is 216 Å². The molecule has 186 valence electrons. The van der Waals surface area contributed by atoms with Crippen LogP contribution in [0, 0.1) is 0 Å². The van der Waals surface area contributed by atoms with Gasteiger partial charge in [0, 0.05) is 40.4 Å². The summed E-state index contributed by atoms with van der Waals surface area (Å²) in [6.07, 6.45) is 0. The first kappa shape index (κ1) is 25.2. The summed E-state index contributed by atoms with van der Waals surface area (Å²) in [5.74, 6) is -0.552. The molecule has 37 heavy (non-hydrogen) atoms. The lowest BCUT2D eigenvalue weighted by Gasteiger charge is -2.21. The van der Waals surface area contributed by atoms with Crippen LogP contribution in [0.2, 0.25) is 0 Å². The van der Waals surface area contributed by atoms with Gasteiger partial charge in [0.25, 0.3) is 11.8 Å². The van der Waals surface area contributed by atoms with Crippen LogP contribution in [0.1, 0.15) is 27.6 Å². The van der Waals surface area contributed by atoms with Crippen LogP contribution in [0.3, 0.4) is 0 Å². The minimum absolute atomic E-state index is 0.0407. The fraction of sp³-hybridized carbons (Fsp3) is 0.100. The van der Waals surface area contributed by atoms with Crippen molar-refractivity contribution in [3.05, 3.63) is 120 Å². The second-order valence-corrected chi connectivity index (χ2v) is 8.26. The molecule has 3 amide bonds. The first-order valence-corrected chi connectivity index (χ1v) is 12.0. The zero-order valence-corrected chi connectivity index (χ0v) is 20.5. The Morgan fingerprint density at radius 3 is 1.92 bits per heavy atom. The van der Waals surface area contributed by atoms with Crippen LogP contribution in [0.4, 0.5) is 22.7 Å². The number of para-hydroxylation sites is 1. The Morgan fingerprint density at radius 2 is 1.27 bits per heavy atom. The van der Waals surface area contributed by atoms with E-state index in [0.29, 0.717) is 29.0 Å². The lowest BCUT2D eigenvalue weighted by Crippen LogP contribution is -2.30. The molecule has 0 fully saturated rings. The summed E-state index contributed by atoms with van der Waals surface area (Å²) >= 11 is 0. The second kappa shape index (κ2) is 12.2. The minimum Gasteiger partial charge on any atom is -0.376 e. The van der Waals surface area contributed by atoms with E-state index in [1.807, 2.05) is 43.3 Å². The lowest BCUT2D eigenvalue weighted by atomic mass is 10.1. The molecule has 0 radical (unpaired) electrons. The molecule has 0 heterocycles. The number of amides is 3. The van der Waals surface area contributed by atoms with Crippen molar-refractivity contribution in [1.29, 1.82) is 0 Å². The average Bonchev–Trinajstić information content (AvgIpc) is 2.94. The highest BCUT2D eigenvalue weighted by Gasteiger charge is 2.16. The van der Waals surface area contributed by atoms with Gasteiger partial charge in [0.15, 0.2) is 0 Å². The van der Waals surface area contributed by atoms with Gasteiger partial charge in [-0.3, -0.25) is 14.4 Å². The maximum absolute atomic E-state index is 12.9. The van der Waals surface area contributed by atoms with E-state index in [4.69, 9.17) is 0 Å². The van der Waals surface area contributed by atoms with Gasteiger partial charge < -0.3 is 20.9 Å². The fourth-order valence-corrected chi connectivity index (χ4v) is 3.79. The van der Waals surface area contributed by atoms with Gasteiger partial charge >= 0.3 is 0 Å². The van der Waals surface area contributed by atoms with Crippen molar-refractivity contribution in [2.75, 3.05) is 33.9 Å². The number of nitrogens with zero attached hydrogens (tertiary/aromatic N) is 1. The summed E-state index contributed by atoms with van der Waals surface area (Å²) in [5, 5.41) is 8.72. The molecule has 3 N–H and O–H groups in total. The fourth-order valence-electron chi connectivity index (χ4n) is 3.79. The molecular formula is C30H28N4O3. The smallest absolute Gasteiger partial charge is 0.258 e. The van der Waals surface area contributed by atoms with Gasteiger partial charge in [0.05, 0.1) is 6.54 Å². The summed E-state index contributed by atoms with van der Waals surface area (Å²) in [5.41, 5.74) is 3.83. The third kappa shape index (κ3) is 6.82. The van der Waals surface area contributed by atoms with Crippen LogP contribution in [-0.4, -0.2) is 30.8 Å². The third-order valence-corrected chi connectivity index (χ3v) is 5.65. The van der Waals surface area contributed by atoms with Gasteiger partial charge in [0.1, 0.15) is 0 Å². The van der Waals surface area contributed by atoms with E-state index in [1.165, 1.54) is 0 Å². The number of carbonyl (C=O) groups excluding carboxylic acids is 3. The predicted molar refractivity (Wildman–Crippen MR) is 148 cm³/mol. The summed E-state index contributed by atoms with van der Waals surface area (Å²) in [6.45, 7) is 2.53. The largest absolute Gasteiger partial charge is 0.376 e. The molecule has 0 aromatic heterocycles. The molecular weight excluding hydrogens is 464 g/mol. The molecule has 4 aromatic carbocycles. The van der Waals surface area contributed by atoms with E-state index >= 15 is 0 Å². The van der Waals surface area contributed by atoms with E-state index in [2.05, 4.69) is 16.0 Å². The number of hydrogen-bond donors (Lipinski definition) is 3. The van der Waals surface area contributed by atoms with Gasteiger partial charge in [-0.25, -0.2) is 0 Å². The Bertz CT molecular complexity index is 1360. The van der Waals surface area contributed by atoms with Crippen LogP contribution in [0.5, 0.6) is 0 Å². The number of carbonyl (C=O) groups is 3. The second-order valence-electron chi connectivity index (χ2n) is 8.26. The summed E-state index contributed by atoms with van der Waals surface area (Å²) in [6, 6.07) is 32.5. The maximum atomic E-state index is 12.9. The van der Waals surface area contributed by atoms with E-state index in [0.717, 1.165) is 11.4 Å². The average molecular weight is 493 g/mol. The number of nitrogens with one attached hydrogen (secondary N) is 3. The Balaban J connectivity index is 1.30. The molecule has 0 unspecified atom stereocenters. The standard InChI is InChI=1S/C30H28N4O3/c1-2-34(27-14-7-4-8-15-27)30(37)23-16-18-24(19-17-23)31-21-28(35)32-25-12-9-13-26(20-25)33-29(36)22-10-5-3-6-11-22/h3-20,31H,2,21H2,1H3,(H,32,35)(H,33,36). The van der Waals surface area contributed by atoms with Crippen LogP contribution in [0.25, 0.3) is 0 Å². The summed E-state index contributed by atoms with van der Waals surface area (Å²) < 4.78 is 0. The van der Waals surface area contributed by atoms with E-state index < -0.39 is 0 Å². The monoisotopic (exact) mass is 492 g/mol. The van der Waals surface area contributed by atoms with Crippen LogP contribution in [-0.2, 0) is 4.79 Å². The molecule has 0 atom stereocenters. The maximum Gasteiger partial charge on any atom is 0.258 e.